The van der Waals surface area contributed by atoms with Gasteiger partial charge in [-0.2, -0.15) is 57.1 Å². The third-order valence-electron chi connectivity index (χ3n) is 4.08. The van der Waals surface area contributed by atoms with Gasteiger partial charge < -0.3 is 9.84 Å². The summed E-state index contributed by atoms with van der Waals surface area (Å²) < 4.78 is 175. The van der Waals surface area contributed by atoms with Gasteiger partial charge in [-0.25, -0.2) is 0 Å². The fourth-order valence-electron chi connectivity index (χ4n) is 2.33. The monoisotopic (exact) mass is 498 g/mol. The largest absolute Gasteiger partial charge is 0.491 e. The molecule has 1 atom stereocenters. The average molecular weight is 498 g/mol. The molecule has 1 aromatic rings. The maximum absolute atomic E-state index is 13.8. The zero-order valence-electron chi connectivity index (χ0n) is 15.9. The van der Waals surface area contributed by atoms with Crippen LogP contribution in [-0.4, -0.2) is 47.0 Å². The molecule has 0 amide bonds. The van der Waals surface area contributed by atoms with Crippen LogP contribution in [-0.2, 0) is 0 Å². The SMILES string of the molecule is CC(C)Oc1ccc(C(O)CC(F)(F)C(F)(F)C(F)(F)C(F)(F)C(F)(F)C(F)(F)F)cc1. The minimum atomic E-state index is -7.97. The zero-order valence-corrected chi connectivity index (χ0v) is 15.9. The third kappa shape index (κ3) is 4.71. The minimum Gasteiger partial charge on any atom is -0.491 e. The maximum atomic E-state index is 13.8. The van der Waals surface area contributed by atoms with Crippen LogP contribution in [0.2, 0.25) is 0 Å². The Morgan fingerprint density at radius 2 is 1.09 bits per heavy atom. The van der Waals surface area contributed by atoms with Gasteiger partial charge in [0.25, 0.3) is 0 Å². The lowest BCUT2D eigenvalue weighted by atomic mass is 9.90. The lowest BCUT2D eigenvalue weighted by Crippen LogP contribution is -2.70. The van der Waals surface area contributed by atoms with Crippen molar-refractivity contribution < 1.29 is 66.9 Å². The van der Waals surface area contributed by atoms with Gasteiger partial charge in [0.2, 0.25) is 0 Å². The molecule has 0 aromatic heterocycles. The summed E-state index contributed by atoms with van der Waals surface area (Å²) in [6, 6.07) is 3.73. The molecule has 0 heterocycles. The summed E-state index contributed by atoms with van der Waals surface area (Å²) >= 11 is 0. The first-order valence-electron chi connectivity index (χ1n) is 8.43. The number of rotatable bonds is 9. The molecule has 1 N–H and O–H groups in total. The fourth-order valence-corrected chi connectivity index (χ4v) is 2.33. The molecule has 1 unspecified atom stereocenters. The first-order valence-corrected chi connectivity index (χ1v) is 8.43. The van der Waals surface area contributed by atoms with Crippen molar-refractivity contribution in [3.05, 3.63) is 29.8 Å². The van der Waals surface area contributed by atoms with Crippen molar-refractivity contribution in [1.82, 2.24) is 0 Å². The number of aliphatic hydroxyl groups is 1. The molecule has 0 spiro atoms. The minimum absolute atomic E-state index is 0.105. The molecule has 0 aliphatic heterocycles. The summed E-state index contributed by atoms with van der Waals surface area (Å²) in [7, 11) is 0. The van der Waals surface area contributed by atoms with Gasteiger partial charge in [-0.1, -0.05) is 12.1 Å². The number of alkyl halides is 13. The van der Waals surface area contributed by atoms with Gasteiger partial charge in [0.15, 0.2) is 0 Å². The lowest BCUT2D eigenvalue weighted by Gasteiger charge is -2.40. The summed E-state index contributed by atoms with van der Waals surface area (Å²) in [5, 5.41) is 9.64. The predicted octanol–water partition coefficient (Wildman–Crippen LogP) is 6.64. The van der Waals surface area contributed by atoms with Crippen molar-refractivity contribution >= 4 is 0 Å². The second kappa shape index (κ2) is 8.45. The molecule has 0 radical (unpaired) electrons. The Hall–Kier alpha value is -1.93. The molecule has 2 nitrogen and oxygen atoms in total. The van der Waals surface area contributed by atoms with Crippen molar-refractivity contribution in [2.75, 3.05) is 0 Å². The van der Waals surface area contributed by atoms with E-state index >= 15 is 0 Å². The molecule has 0 saturated carbocycles. The molecule has 15 heteroatoms. The molecule has 1 aromatic carbocycles. The molecular weight excluding hydrogens is 483 g/mol. The van der Waals surface area contributed by atoms with Crippen molar-refractivity contribution in [3.8, 4) is 5.75 Å². The molecule has 0 aliphatic carbocycles. The van der Waals surface area contributed by atoms with Gasteiger partial charge in [0.1, 0.15) is 5.75 Å². The summed E-state index contributed by atoms with van der Waals surface area (Å²) in [6.45, 7) is 3.17. The van der Waals surface area contributed by atoms with Crippen LogP contribution < -0.4 is 4.74 Å². The van der Waals surface area contributed by atoms with Gasteiger partial charge in [-0.05, 0) is 31.5 Å². The summed E-state index contributed by atoms with van der Waals surface area (Å²) in [4.78, 5) is 0. The highest BCUT2D eigenvalue weighted by Crippen LogP contribution is 2.61. The second-order valence-corrected chi connectivity index (χ2v) is 6.96. The summed E-state index contributed by atoms with van der Waals surface area (Å²) in [5.74, 6) is -37.3. The topological polar surface area (TPSA) is 29.5 Å². The van der Waals surface area contributed by atoms with E-state index in [4.69, 9.17) is 4.74 Å². The number of hydrogen-bond donors (Lipinski definition) is 1. The van der Waals surface area contributed by atoms with E-state index in [0.717, 1.165) is 24.3 Å². The van der Waals surface area contributed by atoms with E-state index in [1.165, 1.54) is 0 Å². The second-order valence-electron chi connectivity index (χ2n) is 6.96. The Labute approximate surface area is 172 Å². The highest BCUT2D eigenvalue weighted by atomic mass is 19.4. The number of halogens is 13. The van der Waals surface area contributed by atoms with Crippen LogP contribution >= 0.6 is 0 Å². The van der Waals surface area contributed by atoms with Crippen LogP contribution in [0.1, 0.15) is 31.9 Å². The van der Waals surface area contributed by atoms with E-state index in [1.54, 1.807) is 13.8 Å². The van der Waals surface area contributed by atoms with Crippen molar-refractivity contribution in [3.63, 3.8) is 0 Å². The normalized spacial score (nSPS) is 15.8. The van der Waals surface area contributed by atoms with Gasteiger partial charge in [-0.3, -0.25) is 0 Å². The van der Waals surface area contributed by atoms with E-state index in [9.17, 15) is 62.2 Å². The van der Waals surface area contributed by atoms with Gasteiger partial charge in [0.05, 0.1) is 12.2 Å². The zero-order chi connectivity index (χ0) is 25.6. The number of aliphatic hydroxyl groups excluding tert-OH is 1. The van der Waals surface area contributed by atoms with Crippen LogP contribution in [0.25, 0.3) is 0 Å². The van der Waals surface area contributed by atoms with E-state index < -0.39 is 53.9 Å². The van der Waals surface area contributed by atoms with Gasteiger partial charge in [-0.15, -0.1) is 0 Å². The third-order valence-corrected chi connectivity index (χ3v) is 4.08. The van der Waals surface area contributed by atoms with E-state index in [0.29, 0.717) is 0 Å². The van der Waals surface area contributed by atoms with Crippen molar-refractivity contribution in [2.24, 2.45) is 0 Å². The van der Waals surface area contributed by atoms with Gasteiger partial charge >= 0.3 is 35.8 Å². The summed E-state index contributed by atoms with van der Waals surface area (Å²) in [5.41, 5.74) is -0.618. The van der Waals surface area contributed by atoms with Crippen LogP contribution in [0.3, 0.4) is 0 Å². The smallest absolute Gasteiger partial charge is 0.460 e. The molecule has 0 aliphatic rings. The lowest BCUT2D eigenvalue weighted by molar-refractivity contribution is -0.440. The van der Waals surface area contributed by atoms with Crippen LogP contribution in [0.5, 0.6) is 5.75 Å². The molecule has 0 saturated heterocycles. The Balaban J connectivity index is 3.25. The standard InChI is InChI=1S/C17H15F13O2/c1-8(2)32-10-5-3-9(4-6-10)11(31)7-12(18,19)13(20,21)14(22,23)15(24,25)16(26,27)17(28,29)30/h3-6,8,11,31H,7H2,1-2H3. The number of ether oxygens (including phenoxy) is 1. The highest BCUT2D eigenvalue weighted by Gasteiger charge is 2.90. The van der Waals surface area contributed by atoms with Crippen LogP contribution in [0, 0.1) is 0 Å². The Morgan fingerprint density at radius 3 is 1.47 bits per heavy atom. The average Bonchev–Trinajstić information content (AvgIpc) is 2.59. The molecular formula is C17H15F13O2. The predicted molar refractivity (Wildman–Crippen MR) is 82.6 cm³/mol. The molecule has 1 rings (SSSR count). The summed E-state index contributed by atoms with van der Waals surface area (Å²) in [6.07, 6.45) is -13.3. The molecule has 32 heavy (non-hydrogen) atoms. The highest BCUT2D eigenvalue weighted by molar-refractivity contribution is 5.29. The first-order chi connectivity index (χ1) is 14.0. The molecule has 0 fully saturated rings. The molecule has 0 bridgehead atoms. The Kier molecular flexibility index (Phi) is 7.42. The number of benzene rings is 1. The van der Waals surface area contributed by atoms with E-state index in [-0.39, 0.29) is 11.9 Å². The van der Waals surface area contributed by atoms with Crippen molar-refractivity contribution in [2.45, 2.75) is 68.3 Å². The molecule has 186 valence electrons. The fraction of sp³-hybridized carbons (Fsp3) is 0.647. The Morgan fingerprint density at radius 1 is 0.688 bits per heavy atom. The van der Waals surface area contributed by atoms with Gasteiger partial charge in [0, 0.05) is 6.42 Å². The first kappa shape index (κ1) is 28.1. The van der Waals surface area contributed by atoms with Crippen LogP contribution in [0.4, 0.5) is 57.1 Å². The number of hydrogen-bond acceptors (Lipinski definition) is 2. The van der Waals surface area contributed by atoms with Crippen molar-refractivity contribution in [1.29, 1.82) is 0 Å². The quantitative estimate of drug-likeness (QED) is 0.387. The Bertz CT molecular complexity index is 770. The van der Waals surface area contributed by atoms with E-state index in [2.05, 4.69) is 0 Å². The van der Waals surface area contributed by atoms with Crippen LogP contribution in [0.15, 0.2) is 24.3 Å². The van der Waals surface area contributed by atoms with E-state index in [1.807, 2.05) is 0 Å². The maximum Gasteiger partial charge on any atom is 0.460 e.